The maximum Gasteiger partial charge on any atom is 0.0431 e. The molecule has 2 heteroatoms. The van der Waals surface area contributed by atoms with E-state index in [1.54, 1.807) is 0 Å². The maximum absolute atomic E-state index is 8.76. The fourth-order valence-corrected chi connectivity index (χ4v) is 1.79. The molecule has 90 valence electrons. The van der Waals surface area contributed by atoms with Gasteiger partial charge in [0, 0.05) is 12.6 Å². The van der Waals surface area contributed by atoms with Gasteiger partial charge in [0.1, 0.15) is 0 Å². The van der Waals surface area contributed by atoms with Crippen molar-refractivity contribution in [3.05, 3.63) is 35.4 Å². The van der Waals surface area contributed by atoms with Crippen LogP contribution in [-0.2, 0) is 0 Å². The highest BCUT2D eigenvalue weighted by molar-refractivity contribution is 5.26. The van der Waals surface area contributed by atoms with Crippen LogP contribution in [0.25, 0.3) is 0 Å². The quantitative estimate of drug-likeness (QED) is 0.775. The van der Waals surface area contributed by atoms with E-state index in [9.17, 15) is 0 Å². The fourth-order valence-electron chi connectivity index (χ4n) is 1.79. The summed E-state index contributed by atoms with van der Waals surface area (Å²) in [5.74, 6) is 0.614. The van der Waals surface area contributed by atoms with Crippen molar-refractivity contribution in [1.29, 1.82) is 0 Å². The first-order valence-corrected chi connectivity index (χ1v) is 6.15. The Balaban J connectivity index is 2.63. The highest BCUT2D eigenvalue weighted by Gasteiger charge is 2.07. The highest BCUT2D eigenvalue weighted by atomic mass is 16.2. The molecule has 0 amide bonds. The van der Waals surface area contributed by atoms with Gasteiger partial charge in [-0.25, -0.2) is 0 Å². The first-order valence-electron chi connectivity index (χ1n) is 6.15. The van der Waals surface area contributed by atoms with Gasteiger partial charge in [0.15, 0.2) is 0 Å². The van der Waals surface area contributed by atoms with Crippen LogP contribution in [0.15, 0.2) is 24.3 Å². The summed E-state index contributed by atoms with van der Waals surface area (Å²) >= 11 is 0. The molecule has 0 aromatic heterocycles. The minimum Gasteiger partial charge on any atom is -0.396 e. The maximum atomic E-state index is 8.76. The van der Waals surface area contributed by atoms with Gasteiger partial charge in [0.25, 0.3) is 0 Å². The number of nitrogens with two attached hydrogens (primary N) is 1. The summed E-state index contributed by atoms with van der Waals surface area (Å²) in [6.07, 6.45) is 2.78. The van der Waals surface area contributed by atoms with E-state index in [0.717, 1.165) is 19.3 Å². The number of rotatable bonds is 6. The normalized spacial score (nSPS) is 14.8. The molecule has 0 aliphatic carbocycles. The molecule has 2 atom stereocenters. The standard InChI is InChI=1S/C14H23NO/c1-3-11(2)12-6-8-13(9-7-12)14(15)5-4-10-16/h6-9,11,14,16H,3-5,10,15H2,1-2H3. The largest absolute Gasteiger partial charge is 0.396 e. The number of aliphatic hydroxyl groups is 1. The van der Waals surface area contributed by atoms with Gasteiger partial charge < -0.3 is 10.8 Å². The molecule has 0 heterocycles. The molecule has 1 aromatic rings. The zero-order valence-electron chi connectivity index (χ0n) is 10.3. The molecule has 0 spiro atoms. The molecule has 0 bridgehead atoms. The van der Waals surface area contributed by atoms with Crippen LogP contribution in [0.3, 0.4) is 0 Å². The van der Waals surface area contributed by atoms with Crippen molar-refractivity contribution in [3.63, 3.8) is 0 Å². The third-order valence-electron chi connectivity index (χ3n) is 3.22. The Bertz CT molecular complexity index is 294. The molecule has 1 rings (SSSR count). The van der Waals surface area contributed by atoms with E-state index in [2.05, 4.69) is 38.1 Å². The van der Waals surface area contributed by atoms with Crippen molar-refractivity contribution < 1.29 is 5.11 Å². The summed E-state index contributed by atoms with van der Waals surface area (Å²) in [6, 6.07) is 8.62. The molecule has 0 aliphatic heterocycles. The van der Waals surface area contributed by atoms with Gasteiger partial charge in [-0.15, -0.1) is 0 Å². The van der Waals surface area contributed by atoms with E-state index in [-0.39, 0.29) is 12.6 Å². The van der Waals surface area contributed by atoms with Crippen LogP contribution in [0.5, 0.6) is 0 Å². The monoisotopic (exact) mass is 221 g/mol. The van der Waals surface area contributed by atoms with Crippen LogP contribution in [0.2, 0.25) is 0 Å². The summed E-state index contributed by atoms with van der Waals surface area (Å²) in [5.41, 5.74) is 8.57. The van der Waals surface area contributed by atoms with E-state index >= 15 is 0 Å². The minimum atomic E-state index is 0.0538. The Morgan fingerprint density at radius 2 is 1.75 bits per heavy atom. The van der Waals surface area contributed by atoms with Crippen LogP contribution < -0.4 is 5.73 Å². The Morgan fingerprint density at radius 3 is 2.25 bits per heavy atom. The van der Waals surface area contributed by atoms with Gasteiger partial charge in [-0.05, 0) is 36.3 Å². The van der Waals surface area contributed by atoms with Gasteiger partial charge in [-0.1, -0.05) is 38.1 Å². The predicted molar refractivity (Wildman–Crippen MR) is 68.4 cm³/mol. The Morgan fingerprint density at radius 1 is 1.19 bits per heavy atom. The molecule has 3 N–H and O–H groups in total. The molecular weight excluding hydrogens is 198 g/mol. The minimum absolute atomic E-state index is 0.0538. The molecule has 1 aromatic carbocycles. The zero-order chi connectivity index (χ0) is 12.0. The van der Waals surface area contributed by atoms with Crippen molar-refractivity contribution >= 4 is 0 Å². The van der Waals surface area contributed by atoms with E-state index in [1.807, 2.05) is 0 Å². The fraction of sp³-hybridized carbons (Fsp3) is 0.571. The third-order valence-corrected chi connectivity index (χ3v) is 3.22. The van der Waals surface area contributed by atoms with E-state index in [0.29, 0.717) is 5.92 Å². The van der Waals surface area contributed by atoms with E-state index in [4.69, 9.17) is 10.8 Å². The molecule has 0 saturated carbocycles. The van der Waals surface area contributed by atoms with Crippen molar-refractivity contribution in [2.75, 3.05) is 6.61 Å². The average molecular weight is 221 g/mol. The van der Waals surface area contributed by atoms with Gasteiger partial charge in [0.05, 0.1) is 0 Å². The summed E-state index contributed by atoms with van der Waals surface area (Å²) < 4.78 is 0. The summed E-state index contributed by atoms with van der Waals surface area (Å²) in [7, 11) is 0. The van der Waals surface area contributed by atoms with Gasteiger partial charge in [-0.3, -0.25) is 0 Å². The first-order chi connectivity index (χ1) is 7.69. The second kappa shape index (κ2) is 6.66. The Kier molecular flexibility index (Phi) is 5.50. The van der Waals surface area contributed by atoms with Crippen LogP contribution >= 0.6 is 0 Å². The van der Waals surface area contributed by atoms with Crippen LogP contribution in [-0.4, -0.2) is 11.7 Å². The van der Waals surface area contributed by atoms with Crippen molar-refractivity contribution in [2.45, 2.75) is 45.1 Å². The van der Waals surface area contributed by atoms with Crippen LogP contribution in [0, 0.1) is 0 Å². The van der Waals surface area contributed by atoms with Crippen molar-refractivity contribution in [2.24, 2.45) is 5.73 Å². The number of hydrogen-bond acceptors (Lipinski definition) is 2. The lowest BCUT2D eigenvalue weighted by atomic mass is 9.95. The second-order valence-corrected chi connectivity index (χ2v) is 4.45. The van der Waals surface area contributed by atoms with Crippen LogP contribution in [0.4, 0.5) is 0 Å². The molecule has 0 saturated heterocycles. The Labute approximate surface area is 98.5 Å². The lowest BCUT2D eigenvalue weighted by Crippen LogP contribution is -2.10. The second-order valence-electron chi connectivity index (χ2n) is 4.45. The number of benzene rings is 1. The highest BCUT2D eigenvalue weighted by Crippen LogP contribution is 2.22. The average Bonchev–Trinajstić information content (AvgIpc) is 2.35. The summed E-state index contributed by atoms with van der Waals surface area (Å²) in [5, 5.41) is 8.76. The molecule has 16 heavy (non-hydrogen) atoms. The van der Waals surface area contributed by atoms with Crippen LogP contribution in [0.1, 0.15) is 56.2 Å². The van der Waals surface area contributed by atoms with Gasteiger partial charge >= 0.3 is 0 Å². The number of hydrogen-bond donors (Lipinski definition) is 2. The van der Waals surface area contributed by atoms with E-state index in [1.165, 1.54) is 11.1 Å². The predicted octanol–water partition coefficient (Wildman–Crippen LogP) is 2.97. The molecule has 0 aliphatic rings. The first kappa shape index (κ1) is 13.2. The van der Waals surface area contributed by atoms with Crippen molar-refractivity contribution in [3.8, 4) is 0 Å². The SMILES string of the molecule is CCC(C)c1ccc(C(N)CCCO)cc1. The van der Waals surface area contributed by atoms with Gasteiger partial charge in [0.2, 0.25) is 0 Å². The summed E-state index contributed by atoms with van der Waals surface area (Å²) in [4.78, 5) is 0. The smallest absolute Gasteiger partial charge is 0.0431 e. The zero-order valence-corrected chi connectivity index (χ0v) is 10.3. The lowest BCUT2D eigenvalue weighted by molar-refractivity contribution is 0.280. The number of aliphatic hydroxyl groups excluding tert-OH is 1. The third kappa shape index (κ3) is 3.62. The lowest BCUT2D eigenvalue weighted by Gasteiger charge is -2.14. The molecule has 0 radical (unpaired) electrons. The van der Waals surface area contributed by atoms with E-state index < -0.39 is 0 Å². The molecule has 0 fully saturated rings. The molecule has 2 unspecified atom stereocenters. The van der Waals surface area contributed by atoms with Crippen molar-refractivity contribution in [1.82, 2.24) is 0 Å². The van der Waals surface area contributed by atoms with Gasteiger partial charge in [-0.2, -0.15) is 0 Å². The summed E-state index contributed by atoms with van der Waals surface area (Å²) in [6.45, 7) is 4.66. The molecular formula is C14H23NO. The topological polar surface area (TPSA) is 46.2 Å². The Hall–Kier alpha value is -0.860. The molecule has 2 nitrogen and oxygen atoms in total.